The molecule has 0 aromatic carbocycles. The summed E-state index contributed by atoms with van der Waals surface area (Å²) in [6.45, 7) is 6.60. The molecule has 1 aromatic heterocycles. The number of aromatic nitrogens is 1. The average Bonchev–Trinajstić information content (AvgIpc) is 2.87. The fourth-order valence-corrected chi connectivity index (χ4v) is 4.83. The van der Waals surface area contributed by atoms with E-state index in [9.17, 15) is 9.59 Å². The fraction of sp³-hybridized carbons (Fsp3) is 0.706. The van der Waals surface area contributed by atoms with Gasteiger partial charge in [-0.15, -0.1) is 23.7 Å². The normalized spacial score (nSPS) is 23.2. The Morgan fingerprint density at radius 2 is 2.12 bits per heavy atom. The van der Waals surface area contributed by atoms with Crippen molar-refractivity contribution in [3.8, 4) is 0 Å². The summed E-state index contributed by atoms with van der Waals surface area (Å²) in [7, 11) is 0. The molecule has 8 heteroatoms. The van der Waals surface area contributed by atoms with E-state index in [1.165, 1.54) is 0 Å². The van der Waals surface area contributed by atoms with Crippen LogP contribution in [0.1, 0.15) is 34.8 Å². The lowest BCUT2D eigenvalue weighted by Gasteiger charge is -2.47. The quantitative estimate of drug-likeness (QED) is 0.850. The molecule has 0 bridgehead atoms. The van der Waals surface area contributed by atoms with Crippen LogP contribution < -0.4 is 5.73 Å². The standard InChI is InChI=1S/C17H26N4O2S.ClH/c1-11-14(19-12(2)24-11)9-17(23)20-7-5-15-13(10-20)3-4-16(22)21(15)8-6-18;/h13,15H,3-10,18H2,1-2H3;1H/t13-,15+;/m0./s1. The number of halogens is 1. The van der Waals surface area contributed by atoms with E-state index in [2.05, 4.69) is 4.98 Å². The lowest BCUT2D eigenvalue weighted by Crippen LogP contribution is -2.57. The lowest BCUT2D eigenvalue weighted by atomic mass is 9.83. The molecule has 6 nitrogen and oxygen atoms in total. The van der Waals surface area contributed by atoms with E-state index in [1.807, 2.05) is 23.6 Å². The van der Waals surface area contributed by atoms with Gasteiger partial charge in [-0.1, -0.05) is 0 Å². The maximum atomic E-state index is 12.7. The van der Waals surface area contributed by atoms with Crippen LogP contribution in [-0.2, 0) is 16.0 Å². The van der Waals surface area contributed by atoms with Crippen molar-refractivity contribution < 1.29 is 9.59 Å². The molecule has 0 spiro atoms. The molecule has 2 saturated heterocycles. The SMILES string of the molecule is Cc1nc(CC(=O)N2CC[C@@H]3[C@@H](CCC(=O)N3CCN)C2)c(C)s1.Cl. The largest absolute Gasteiger partial charge is 0.342 e. The Hall–Kier alpha value is -1.18. The maximum absolute atomic E-state index is 12.7. The van der Waals surface area contributed by atoms with Gasteiger partial charge in [-0.3, -0.25) is 9.59 Å². The summed E-state index contributed by atoms with van der Waals surface area (Å²) in [6, 6.07) is 0.252. The van der Waals surface area contributed by atoms with Gasteiger partial charge in [0.1, 0.15) is 0 Å². The summed E-state index contributed by atoms with van der Waals surface area (Å²) in [5.41, 5.74) is 6.57. The highest BCUT2D eigenvalue weighted by Crippen LogP contribution is 2.31. The molecule has 2 fully saturated rings. The second kappa shape index (κ2) is 8.47. The number of piperidine rings is 2. The summed E-state index contributed by atoms with van der Waals surface area (Å²) in [5, 5.41) is 1.01. The minimum Gasteiger partial charge on any atom is -0.342 e. The monoisotopic (exact) mass is 386 g/mol. The number of thiazole rings is 1. The third-order valence-corrected chi connectivity index (χ3v) is 6.11. The van der Waals surface area contributed by atoms with Crippen molar-refractivity contribution in [1.29, 1.82) is 0 Å². The first-order valence-electron chi connectivity index (χ1n) is 8.69. The van der Waals surface area contributed by atoms with Crippen LogP contribution in [-0.4, -0.2) is 58.8 Å². The van der Waals surface area contributed by atoms with Crippen LogP contribution >= 0.6 is 23.7 Å². The number of rotatable bonds is 4. The van der Waals surface area contributed by atoms with Crippen LogP contribution in [0.4, 0.5) is 0 Å². The van der Waals surface area contributed by atoms with Crippen molar-refractivity contribution in [2.75, 3.05) is 26.2 Å². The van der Waals surface area contributed by atoms with Gasteiger partial charge in [0.05, 0.1) is 17.1 Å². The first kappa shape index (κ1) is 20.1. The van der Waals surface area contributed by atoms with Gasteiger partial charge in [0.25, 0.3) is 0 Å². The summed E-state index contributed by atoms with van der Waals surface area (Å²) < 4.78 is 0. The molecule has 25 heavy (non-hydrogen) atoms. The van der Waals surface area contributed by atoms with Crippen molar-refractivity contribution in [2.45, 2.75) is 45.6 Å². The van der Waals surface area contributed by atoms with E-state index in [4.69, 9.17) is 5.73 Å². The third kappa shape index (κ3) is 4.33. The number of carbonyl (C=O) groups is 2. The third-order valence-electron chi connectivity index (χ3n) is 5.18. The van der Waals surface area contributed by atoms with Gasteiger partial charge in [0.2, 0.25) is 11.8 Å². The first-order valence-corrected chi connectivity index (χ1v) is 9.51. The Morgan fingerprint density at radius 1 is 1.36 bits per heavy atom. The van der Waals surface area contributed by atoms with Gasteiger partial charge in [0.15, 0.2) is 0 Å². The van der Waals surface area contributed by atoms with Crippen molar-refractivity contribution in [3.63, 3.8) is 0 Å². The molecule has 3 heterocycles. The molecule has 2 aliphatic rings. The molecule has 2 atom stereocenters. The number of fused-ring (bicyclic) bond motifs is 1. The molecule has 0 saturated carbocycles. The van der Waals surface area contributed by atoms with E-state index in [-0.39, 0.29) is 30.3 Å². The first-order chi connectivity index (χ1) is 11.5. The molecule has 2 aliphatic heterocycles. The summed E-state index contributed by atoms with van der Waals surface area (Å²) >= 11 is 1.64. The predicted molar refractivity (Wildman–Crippen MR) is 101 cm³/mol. The van der Waals surface area contributed by atoms with Crippen LogP contribution in [0.15, 0.2) is 0 Å². The van der Waals surface area contributed by atoms with E-state index in [0.29, 0.717) is 31.8 Å². The predicted octanol–water partition coefficient (Wildman–Crippen LogP) is 1.52. The molecule has 3 rings (SSSR count). The minimum absolute atomic E-state index is 0. The van der Waals surface area contributed by atoms with Crippen LogP contribution in [0.2, 0.25) is 0 Å². The molecule has 2 amide bonds. The van der Waals surface area contributed by atoms with Gasteiger partial charge in [-0.2, -0.15) is 0 Å². The number of carbonyl (C=O) groups excluding carboxylic acids is 2. The summed E-state index contributed by atoms with van der Waals surface area (Å²) in [4.78, 5) is 34.3. The lowest BCUT2D eigenvalue weighted by molar-refractivity contribution is -0.143. The van der Waals surface area contributed by atoms with Crippen LogP contribution in [0.25, 0.3) is 0 Å². The smallest absolute Gasteiger partial charge is 0.228 e. The van der Waals surface area contributed by atoms with Crippen molar-refractivity contribution >= 4 is 35.6 Å². The minimum atomic E-state index is 0. The van der Waals surface area contributed by atoms with Gasteiger partial charge >= 0.3 is 0 Å². The molecule has 2 N–H and O–H groups in total. The van der Waals surface area contributed by atoms with Gasteiger partial charge in [-0.25, -0.2) is 4.98 Å². The molecule has 140 valence electrons. The average molecular weight is 387 g/mol. The van der Waals surface area contributed by atoms with Crippen LogP contribution in [0, 0.1) is 19.8 Å². The van der Waals surface area contributed by atoms with E-state index < -0.39 is 0 Å². The van der Waals surface area contributed by atoms with Gasteiger partial charge in [0, 0.05) is 43.5 Å². The zero-order chi connectivity index (χ0) is 17.3. The number of hydrogen-bond donors (Lipinski definition) is 1. The molecule has 1 aromatic rings. The maximum Gasteiger partial charge on any atom is 0.228 e. The van der Waals surface area contributed by atoms with Crippen molar-refractivity contribution in [2.24, 2.45) is 11.7 Å². The highest BCUT2D eigenvalue weighted by Gasteiger charge is 2.39. The number of nitrogens with zero attached hydrogens (tertiary/aromatic N) is 3. The van der Waals surface area contributed by atoms with Gasteiger partial charge < -0.3 is 15.5 Å². The Labute approximate surface area is 159 Å². The second-order valence-corrected chi connectivity index (χ2v) is 8.19. The number of amides is 2. The fourth-order valence-electron chi connectivity index (χ4n) is 4.00. The molecular weight excluding hydrogens is 360 g/mol. The Balaban J connectivity index is 0.00000225. The van der Waals surface area contributed by atoms with Crippen LogP contribution in [0.3, 0.4) is 0 Å². The molecule has 0 radical (unpaired) electrons. The Kier molecular flexibility index (Phi) is 6.82. The summed E-state index contributed by atoms with van der Waals surface area (Å²) in [5.74, 6) is 0.754. The summed E-state index contributed by atoms with van der Waals surface area (Å²) in [6.07, 6.45) is 2.70. The number of likely N-dealkylation sites (tertiary alicyclic amines) is 2. The zero-order valence-electron chi connectivity index (χ0n) is 14.9. The van der Waals surface area contributed by atoms with Crippen LogP contribution in [0.5, 0.6) is 0 Å². The highest BCUT2D eigenvalue weighted by molar-refractivity contribution is 7.11. The van der Waals surface area contributed by atoms with Crippen molar-refractivity contribution in [3.05, 3.63) is 15.6 Å². The molecular formula is C17H27ClN4O2S. The highest BCUT2D eigenvalue weighted by atomic mass is 35.5. The molecule has 0 unspecified atom stereocenters. The van der Waals surface area contributed by atoms with Crippen molar-refractivity contribution in [1.82, 2.24) is 14.8 Å². The number of nitrogens with two attached hydrogens (primary N) is 1. The Morgan fingerprint density at radius 3 is 2.76 bits per heavy atom. The Bertz CT molecular complexity index is 636. The van der Waals surface area contributed by atoms with Gasteiger partial charge in [-0.05, 0) is 32.6 Å². The topological polar surface area (TPSA) is 79.5 Å². The molecule has 0 aliphatic carbocycles. The second-order valence-electron chi connectivity index (χ2n) is 6.78. The van der Waals surface area contributed by atoms with E-state index >= 15 is 0 Å². The van der Waals surface area contributed by atoms with E-state index in [1.54, 1.807) is 11.3 Å². The zero-order valence-corrected chi connectivity index (χ0v) is 16.5. The number of aryl methyl sites for hydroxylation is 2. The number of hydrogen-bond acceptors (Lipinski definition) is 5. The van der Waals surface area contributed by atoms with E-state index in [0.717, 1.165) is 41.5 Å².